The van der Waals surface area contributed by atoms with Crippen molar-refractivity contribution in [2.24, 2.45) is 0 Å². The van der Waals surface area contributed by atoms with Gasteiger partial charge in [-0.15, -0.1) is 11.3 Å². The fourth-order valence-electron chi connectivity index (χ4n) is 4.18. The molecule has 0 unspecified atom stereocenters. The number of likely N-dealkylation sites (N-methyl/N-ethyl adjacent to an activating group) is 1. The third-order valence-corrected chi connectivity index (χ3v) is 6.73. The maximum absolute atomic E-state index is 13.2. The van der Waals surface area contributed by atoms with Crippen molar-refractivity contribution in [3.8, 4) is 5.75 Å². The molecule has 7 heteroatoms. The van der Waals surface area contributed by atoms with Gasteiger partial charge in [-0.05, 0) is 45.8 Å². The molecule has 1 aliphatic rings. The van der Waals surface area contributed by atoms with Gasteiger partial charge >= 0.3 is 0 Å². The highest BCUT2D eigenvalue weighted by atomic mass is 32.1. The molecule has 172 valence electrons. The summed E-state index contributed by atoms with van der Waals surface area (Å²) in [4.78, 5) is 32.3. The van der Waals surface area contributed by atoms with Gasteiger partial charge in [-0.2, -0.15) is 0 Å². The fraction of sp³-hybridized carbons (Fsp3) is 0.480. The summed E-state index contributed by atoms with van der Waals surface area (Å²) in [6, 6.07) is 7.59. The number of carbonyl (C=O) groups excluding carboxylic acids is 2. The zero-order valence-electron chi connectivity index (χ0n) is 19.2. The highest BCUT2D eigenvalue weighted by Gasteiger charge is 2.42. The Hall–Kier alpha value is -2.67. The van der Waals surface area contributed by atoms with Crippen molar-refractivity contribution >= 4 is 29.2 Å². The van der Waals surface area contributed by atoms with Crippen molar-refractivity contribution in [2.75, 3.05) is 13.1 Å². The number of hydrogen-bond acceptors (Lipinski definition) is 5. The van der Waals surface area contributed by atoms with Gasteiger partial charge in [-0.1, -0.05) is 37.5 Å². The average Bonchev–Trinajstić information content (AvgIpc) is 3.23. The van der Waals surface area contributed by atoms with E-state index < -0.39 is 5.54 Å². The topological polar surface area (TPSA) is 71.5 Å². The lowest BCUT2D eigenvalue weighted by atomic mass is 9.80. The molecule has 2 aromatic rings. The number of aromatic nitrogens is 1. The van der Waals surface area contributed by atoms with Gasteiger partial charge in [0.25, 0.3) is 0 Å². The van der Waals surface area contributed by atoms with E-state index in [0.717, 1.165) is 35.5 Å². The molecule has 1 fully saturated rings. The van der Waals surface area contributed by atoms with E-state index >= 15 is 0 Å². The summed E-state index contributed by atoms with van der Waals surface area (Å²) < 4.78 is 5.94. The summed E-state index contributed by atoms with van der Waals surface area (Å²) in [6.07, 6.45) is 7.62. The first-order valence-electron chi connectivity index (χ1n) is 11.4. The van der Waals surface area contributed by atoms with Gasteiger partial charge < -0.3 is 15.0 Å². The molecular formula is C25H33N3O3S. The zero-order chi connectivity index (χ0) is 23.0. The molecule has 1 saturated carbocycles. The minimum absolute atomic E-state index is 0.0336. The molecule has 6 nitrogen and oxygen atoms in total. The van der Waals surface area contributed by atoms with Gasteiger partial charge in [-0.3, -0.25) is 9.59 Å². The lowest BCUT2D eigenvalue weighted by Crippen LogP contribution is -2.60. The quantitative estimate of drug-likeness (QED) is 0.555. The Kier molecular flexibility index (Phi) is 8.45. The first kappa shape index (κ1) is 24.0. The van der Waals surface area contributed by atoms with E-state index in [4.69, 9.17) is 4.74 Å². The third-order valence-electron chi connectivity index (χ3n) is 5.91. The zero-order valence-corrected chi connectivity index (χ0v) is 20.0. The van der Waals surface area contributed by atoms with E-state index in [2.05, 4.69) is 10.3 Å². The molecule has 0 atom stereocenters. The summed E-state index contributed by atoms with van der Waals surface area (Å²) in [5, 5.41) is 6.05. The van der Waals surface area contributed by atoms with E-state index in [-0.39, 0.29) is 11.8 Å². The first-order valence-corrected chi connectivity index (χ1v) is 12.3. The van der Waals surface area contributed by atoms with Crippen LogP contribution in [-0.4, -0.2) is 40.3 Å². The highest BCUT2D eigenvalue weighted by molar-refractivity contribution is 7.09. The van der Waals surface area contributed by atoms with Crippen LogP contribution < -0.4 is 10.1 Å². The SMILES string of the molecule is CCN(CC)C(=O)C1(NC(=O)/C=C/c2ccccc2OCc2csc(C)n2)CCCCC1. The maximum atomic E-state index is 13.2. The molecule has 0 aliphatic heterocycles. The molecule has 2 amide bonds. The number of para-hydroxylation sites is 1. The number of nitrogens with zero attached hydrogens (tertiary/aromatic N) is 2. The number of aryl methyl sites for hydroxylation is 1. The molecule has 3 rings (SSSR count). The number of carbonyl (C=O) groups is 2. The Labute approximate surface area is 194 Å². The average molecular weight is 456 g/mol. The molecule has 0 bridgehead atoms. The van der Waals surface area contributed by atoms with Crippen molar-refractivity contribution in [1.82, 2.24) is 15.2 Å². The Bertz CT molecular complexity index is 943. The third kappa shape index (κ3) is 5.97. The molecule has 1 aromatic carbocycles. The number of ether oxygens (including phenoxy) is 1. The molecule has 1 aliphatic carbocycles. The first-order chi connectivity index (χ1) is 15.5. The van der Waals surface area contributed by atoms with Crippen LogP contribution in [0, 0.1) is 6.92 Å². The second-order valence-electron chi connectivity index (χ2n) is 8.13. The second kappa shape index (κ2) is 11.3. The lowest BCUT2D eigenvalue weighted by Gasteiger charge is -2.39. The predicted octanol–water partition coefficient (Wildman–Crippen LogP) is 4.73. The van der Waals surface area contributed by atoms with E-state index in [1.54, 1.807) is 17.4 Å². The maximum Gasteiger partial charge on any atom is 0.248 e. The van der Waals surface area contributed by atoms with Crippen LogP contribution in [0.1, 0.15) is 62.2 Å². The Morgan fingerprint density at radius 2 is 1.91 bits per heavy atom. The molecular weight excluding hydrogens is 422 g/mol. The van der Waals surface area contributed by atoms with Gasteiger partial charge in [0.15, 0.2) is 0 Å². The minimum atomic E-state index is -0.801. The summed E-state index contributed by atoms with van der Waals surface area (Å²) in [5.74, 6) is 0.470. The number of amides is 2. The largest absolute Gasteiger partial charge is 0.487 e. The molecule has 1 aromatic heterocycles. The summed E-state index contributed by atoms with van der Waals surface area (Å²) in [6.45, 7) is 7.58. The van der Waals surface area contributed by atoms with Crippen molar-refractivity contribution in [3.63, 3.8) is 0 Å². The van der Waals surface area contributed by atoms with Crippen LogP contribution >= 0.6 is 11.3 Å². The summed E-state index contributed by atoms with van der Waals surface area (Å²) >= 11 is 1.59. The van der Waals surface area contributed by atoms with Gasteiger partial charge in [0.1, 0.15) is 17.9 Å². The molecule has 32 heavy (non-hydrogen) atoms. The fourth-order valence-corrected chi connectivity index (χ4v) is 4.78. The van der Waals surface area contributed by atoms with E-state index in [1.807, 2.05) is 55.3 Å². The highest BCUT2D eigenvalue weighted by Crippen LogP contribution is 2.30. The van der Waals surface area contributed by atoms with Crippen molar-refractivity contribution in [3.05, 3.63) is 52.0 Å². The summed E-state index contributed by atoms with van der Waals surface area (Å²) in [7, 11) is 0. The van der Waals surface area contributed by atoms with Crippen LogP contribution in [0.3, 0.4) is 0 Å². The van der Waals surface area contributed by atoms with Gasteiger partial charge in [0.05, 0.1) is 10.7 Å². The number of rotatable bonds is 9. The van der Waals surface area contributed by atoms with E-state index in [0.29, 0.717) is 38.3 Å². The van der Waals surface area contributed by atoms with Crippen molar-refractivity contribution < 1.29 is 14.3 Å². The Morgan fingerprint density at radius 1 is 1.19 bits per heavy atom. The van der Waals surface area contributed by atoms with E-state index in [9.17, 15) is 9.59 Å². The summed E-state index contributed by atoms with van der Waals surface area (Å²) in [5.41, 5.74) is 0.894. The van der Waals surface area contributed by atoms with Crippen LogP contribution in [0.4, 0.5) is 0 Å². The Morgan fingerprint density at radius 3 is 2.56 bits per heavy atom. The van der Waals surface area contributed by atoms with Gasteiger partial charge in [-0.25, -0.2) is 4.98 Å². The predicted molar refractivity (Wildman–Crippen MR) is 129 cm³/mol. The lowest BCUT2D eigenvalue weighted by molar-refractivity contribution is -0.142. The monoisotopic (exact) mass is 455 g/mol. The number of thiazole rings is 1. The molecule has 1 heterocycles. The minimum Gasteiger partial charge on any atom is -0.487 e. The normalized spacial score (nSPS) is 15.5. The van der Waals surface area contributed by atoms with Gasteiger partial charge in [0, 0.05) is 30.1 Å². The smallest absolute Gasteiger partial charge is 0.248 e. The van der Waals surface area contributed by atoms with Gasteiger partial charge in [0.2, 0.25) is 11.8 Å². The number of nitrogens with one attached hydrogen (secondary N) is 1. The Balaban J connectivity index is 1.70. The van der Waals surface area contributed by atoms with Crippen molar-refractivity contribution in [1.29, 1.82) is 0 Å². The molecule has 1 N–H and O–H groups in total. The van der Waals surface area contributed by atoms with Crippen LogP contribution in [0.2, 0.25) is 0 Å². The number of hydrogen-bond donors (Lipinski definition) is 1. The second-order valence-corrected chi connectivity index (χ2v) is 9.19. The van der Waals surface area contributed by atoms with Crippen LogP contribution in [0.15, 0.2) is 35.7 Å². The molecule has 0 radical (unpaired) electrons. The standard InChI is InChI=1S/C25H33N3O3S/c1-4-28(5-2)24(30)25(15-9-6-10-16-25)27-23(29)14-13-20-11-7-8-12-22(20)31-17-21-18-32-19(3)26-21/h7-8,11-14,18H,4-6,9-10,15-17H2,1-3H3,(H,27,29)/b14-13+. The van der Waals surface area contributed by atoms with Crippen molar-refractivity contribution in [2.45, 2.75) is 65.0 Å². The molecule has 0 saturated heterocycles. The van der Waals surface area contributed by atoms with E-state index in [1.165, 1.54) is 6.08 Å². The molecule has 0 spiro atoms. The van der Waals surface area contributed by atoms with Crippen LogP contribution in [-0.2, 0) is 16.2 Å². The number of benzene rings is 1. The van der Waals surface area contributed by atoms with Crippen LogP contribution in [0.25, 0.3) is 6.08 Å². The van der Waals surface area contributed by atoms with Crippen LogP contribution in [0.5, 0.6) is 5.75 Å².